The number of amides is 1. The molecule has 0 saturated carbocycles. The van der Waals surface area contributed by atoms with Crippen molar-refractivity contribution in [1.82, 2.24) is 10.6 Å². The van der Waals surface area contributed by atoms with Gasteiger partial charge in [0.1, 0.15) is 6.26 Å². The molecule has 17 heavy (non-hydrogen) atoms. The molecule has 1 amide bonds. The smallest absolute Gasteiger partial charge is 0.335 e. The van der Waals surface area contributed by atoms with E-state index in [4.69, 9.17) is 0 Å². The van der Waals surface area contributed by atoms with E-state index in [0.29, 0.717) is 18.2 Å². The maximum absolute atomic E-state index is 11.6. The molecule has 0 radical (unpaired) electrons. The van der Waals surface area contributed by atoms with Gasteiger partial charge in [0.2, 0.25) is 0 Å². The molecule has 1 atom stereocenters. The van der Waals surface area contributed by atoms with Gasteiger partial charge in [0.05, 0.1) is 5.56 Å². The molecule has 1 saturated heterocycles. The highest BCUT2D eigenvalue weighted by molar-refractivity contribution is 5.93. The molecule has 92 valence electrons. The molecule has 1 aliphatic heterocycles. The fourth-order valence-corrected chi connectivity index (χ4v) is 1.95. The molecule has 1 fully saturated rings. The number of hydrogen-bond donors (Lipinski definition) is 2. The predicted octanol–water partition coefficient (Wildman–Crippen LogP) is 0.512. The standard InChI is InChI=1S/C12H16N2O3/c15-11-4-3-9(8-17-11)12(16)14-7-5-10-2-1-6-13-10/h3-4,8,10,13H,1-2,5-7H2,(H,14,16)/t10-/m0/s1. The Balaban J connectivity index is 1.76. The quantitative estimate of drug-likeness (QED) is 0.799. The molecular weight excluding hydrogens is 220 g/mol. The van der Waals surface area contributed by atoms with Crippen LogP contribution in [0, 0.1) is 0 Å². The normalized spacial score (nSPS) is 19.2. The van der Waals surface area contributed by atoms with Gasteiger partial charge in [0, 0.05) is 18.7 Å². The zero-order valence-electron chi connectivity index (χ0n) is 9.57. The monoisotopic (exact) mass is 236 g/mol. The summed E-state index contributed by atoms with van der Waals surface area (Å²) in [4.78, 5) is 22.4. The summed E-state index contributed by atoms with van der Waals surface area (Å²) in [5.74, 6) is -0.202. The summed E-state index contributed by atoms with van der Waals surface area (Å²) in [5, 5.41) is 6.17. The van der Waals surface area contributed by atoms with E-state index in [1.54, 1.807) is 0 Å². The van der Waals surface area contributed by atoms with E-state index < -0.39 is 5.63 Å². The lowest BCUT2D eigenvalue weighted by Crippen LogP contribution is -2.30. The number of nitrogens with one attached hydrogen (secondary N) is 2. The summed E-state index contributed by atoms with van der Waals surface area (Å²) in [6.07, 6.45) is 4.51. The van der Waals surface area contributed by atoms with Crippen molar-refractivity contribution in [1.29, 1.82) is 0 Å². The van der Waals surface area contributed by atoms with Gasteiger partial charge >= 0.3 is 5.63 Å². The van der Waals surface area contributed by atoms with Gasteiger partial charge in [-0.15, -0.1) is 0 Å². The third-order valence-corrected chi connectivity index (χ3v) is 2.90. The fraction of sp³-hybridized carbons (Fsp3) is 0.500. The zero-order chi connectivity index (χ0) is 12.1. The van der Waals surface area contributed by atoms with Gasteiger partial charge in [-0.2, -0.15) is 0 Å². The molecule has 2 N–H and O–H groups in total. The summed E-state index contributed by atoms with van der Waals surface area (Å²) in [6.45, 7) is 1.71. The molecular formula is C12H16N2O3. The maximum Gasteiger partial charge on any atom is 0.335 e. The van der Waals surface area contributed by atoms with Crippen LogP contribution in [0.2, 0.25) is 0 Å². The zero-order valence-corrected chi connectivity index (χ0v) is 9.57. The number of rotatable bonds is 4. The second-order valence-corrected chi connectivity index (χ2v) is 4.18. The third-order valence-electron chi connectivity index (χ3n) is 2.90. The first-order valence-electron chi connectivity index (χ1n) is 5.86. The minimum Gasteiger partial charge on any atom is -0.430 e. The van der Waals surface area contributed by atoms with E-state index in [1.165, 1.54) is 31.2 Å². The van der Waals surface area contributed by atoms with Crippen molar-refractivity contribution in [2.45, 2.75) is 25.3 Å². The minimum absolute atomic E-state index is 0.202. The van der Waals surface area contributed by atoms with Crippen molar-refractivity contribution in [3.05, 3.63) is 34.4 Å². The van der Waals surface area contributed by atoms with Crippen molar-refractivity contribution in [2.75, 3.05) is 13.1 Å². The summed E-state index contributed by atoms with van der Waals surface area (Å²) >= 11 is 0. The van der Waals surface area contributed by atoms with Crippen molar-refractivity contribution in [2.24, 2.45) is 0 Å². The largest absolute Gasteiger partial charge is 0.430 e. The van der Waals surface area contributed by atoms with Gasteiger partial charge in [-0.1, -0.05) is 0 Å². The average molecular weight is 236 g/mol. The Hall–Kier alpha value is -1.62. The van der Waals surface area contributed by atoms with Crippen LogP contribution in [0.3, 0.4) is 0 Å². The highest BCUT2D eigenvalue weighted by Gasteiger charge is 2.14. The SMILES string of the molecule is O=C(NCC[C@@H]1CCCN1)c1ccc(=O)oc1. The number of hydrogen-bond acceptors (Lipinski definition) is 4. The van der Waals surface area contributed by atoms with Gasteiger partial charge in [-0.05, 0) is 31.9 Å². The molecule has 1 aromatic rings. The summed E-state index contributed by atoms with van der Waals surface area (Å²) in [7, 11) is 0. The van der Waals surface area contributed by atoms with Gasteiger partial charge in [-0.3, -0.25) is 4.79 Å². The van der Waals surface area contributed by atoms with Crippen LogP contribution in [0.4, 0.5) is 0 Å². The van der Waals surface area contributed by atoms with E-state index in [2.05, 4.69) is 15.1 Å². The maximum atomic E-state index is 11.6. The molecule has 0 unspecified atom stereocenters. The summed E-state index contributed by atoms with van der Waals surface area (Å²) < 4.78 is 4.63. The molecule has 5 nitrogen and oxygen atoms in total. The van der Waals surface area contributed by atoms with Crippen LogP contribution in [0.25, 0.3) is 0 Å². The van der Waals surface area contributed by atoms with Gasteiger partial charge in [0.15, 0.2) is 0 Å². The Morgan fingerprint density at radius 3 is 3.06 bits per heavy atom. The lowest BCUT2D eigenvalue weighted by molar-refractivity contribution is 0.0950. The van der Waals surface area contributed by atoms with Crippen LogP contribution in [-0.4, -0.2) is 25.0 Å². The Bertz CT molecular complexity index is 415. The highest BCUT2D eigenvalue weighted by atomic mass is 16.4. The van der Waals surface area contributed by atoms with E-state index >= 15 is 0 Å². The molecule has 0 aromatic carbocycles. The first-order valence-corrected chi connectivity index (χ1v) is 5.86. The molecule has 0 bridgehead atoms. The Morgan fingerprint density at radius 2 is 2.41 bits per heavy atom. The second kappa shape index (κ2) is 5.63. The molecule has 0 spiro atoms. The third kappa shape index (κ3) is 3.42. The van der Waals surface area contributed by atoms with Crippen molar-refractivity contribution >= 4 is 5.91 Å². The van der Waals surface area contributed by atoms with Crippen molar-refractivity contribution in [3.63, 3.8) is 0 Å². The van der Waals surface area contributed by atoms with Crippen molar-refractivity contribution in [3.8, 4) is 0 Å². The van der Waals surface area contributed by atoms with Crippen molar-refractivity contribution < 1.29 is 9.21 Å². The van der Waals surface area contributed by atoms with E-state index in [9.17, 15) is 9.59 Å². The van der Waals surface area contributed by atoms with Crippen LogP contribution in [0.15, 0.2) is 27.6 Å². The fourth-order valence-electron chi connectivity index (χ4n) is 1.95. The van der Waals surface area contributed by atoms with Gasteiger partial charge in [0.25, 0.3) is 5.91 Å². The molecule has 0 aliphatic carbocycles. The molecule has 1 aromatic heterocycles. The first kappa shape index (κ1) is 11.9. The molecule has 5 heteroatoms. The van der Waals surface area contributed by atoms with E-state index in [1.807, 2.05) is 0 Å². The number of carbonyl (C=O) groups is 1. The van der Waals surface area contributed by atoms with E-state index in [-0.39, 0.29) is 5.91 Å². The second-order valence-electron chi connectivity index (χ2n) is 4.18. The minimum atomic E-state index is -0.447. The topological polar surface area (TPSA) is 71.3 Å². The molecule has 1 aliphatic rings. The summed E-state index contributed by atoms with van der Waals surface area (Å²) in [6, 6.07) is 3.23. The summed E-state index contributed by atoms with van der Waals surface area (Å²) in [5.41, 5.74) is -0.0688. The molecule has 2 rings (SSSR count). The first-order chi connectivity index (χ1) is 8.25. The van der Waals surface area contributed by atoms with Crippen LogP contribution < -0.4 is 16.3 Å². The van der Waals surface area contributed by atoms with Gasteiger partial charge in [-0.25, -0.2) is 4.79 Å². The van der Waals surface area contributed by atoms with Gasteiger partial charge < -0.3 is 15.1 Å². The Morgan fingerprint density at radius 1 is 1.53 bits per heavy atom. The molecule has 2 heterocycles. The van der Waals surface area contributed by atoms with Crippen LogP contribution in [0.5, 0.6) is 0 Å². The van der Waals surface area contributed by atoms with Crippen LogP contribution in [0.1, 0.15) is 29.6 Å². The van der Waals surface area contributed by atoms with E-state index in [0.717, 1.165) is 13.0 Å². The lowest BCUT2D eigenvalue weighted by atomic mass is 10.1. The number of carbonyl (C=O) groups excluding carboxylic acids is 1. The lowest BCUT2D eigenvalue weighted by Gasteiger charge is -2.10. The highest BCUT2D eigenvalue weighted by Crippen LogP contribution is 2.07. The Labute approximate surface area is 99.2 Å². The van der Waals surface area contributed by atoms with Crippen LogP contribution >= 0.6 is 0 Å². The average Bonchev–Trinajstić information content (AvgIpc) is 2.83. The Kier molecular flexibility index (Phi) is 3.93. The van der Waals surface area contributed by atoms with Crippen LogP contribution in [-0.2, 0) is 0 Å². The predicted molar refractivity (Wildman–Crippen MR) is 63.0 cm³/mol.